The zero-order valence-corrected chi connectivity index (χ0v) is 13.9. The summed E-state index contributed by atoms with van der Waals surface area (Å²) < 4.78 is 11.1. The van der Waals surface area contributed by atoms with Crippen molar-refractivity contribution in [3.63, 3.8) is 0 Å². The molecule has 1 heterocycles. The number of nitro groups is 1. The van der Waals surface area contributed by atoms with Gasteiger partial charge in [-0.15, -0.1) is 0 Å². The number of carbonyl (C=O) groups excluding carboxylic acids is 1. The van der Waals surface area contributed by atoms with Crippen LogP contribution in [0.4, 0.5) is 4.79 Å². The summed E-state index contributed by atoms with van der Waals surface area (Å²) in [6.07, 6.45) is -0.695. The predicted octanol–water partition coefficient (Wildman–Crippen LogP) is 2.07. The molecule has 0 saturated heterocycles. The number of aromatic nitrogens is 2. The number of rotatable bonds is 6. The minimum Gasteiger partial charge on any atom is -0.437 e. The highest BCUT2D eigenvalue weighted by Crippen LogP contribution is 2.30. The van der Waals surface area contributed by atoms with Crippen LogP contribution < -0.4 is 4.74 Å². The maximum Gasteiger partial charge on any atom is 0.514 e. The summed E-state index contributed by atoms with van der Waals surface area (Å²) in [5.74, 6) is -0.106. The van der Waals surface area contributed by atoms with Crippen LogP contribution in [0.25, 0.3) is 0 Å². The number of ether oxygens (including phenoxy) is 2. The van der Waals surface area contributed by atoms with Gasteiger partial charge < -0.3 is 14.6 Å². The number of aliphatic hydroxyl groups is 1. The lowest BCUT2D eigenvalue weighted by molar-refractivity contribution is -0.491. The maximum absolute atomic E-state index is 11.3. The van der Waals surface area contributed by atoms with Gasteiger partial charge in [0.05, 0.1) is 7.11 Å². The SMILES string of the molecule is COC(=O)Oc1c(C(O)C[N+](=O)[O-])nc(Br)n1CC=C(C)C. The van der Waals surface area contributed by atoms with E-state index in [0.29, 0.717) is 6.54 Å². The number of aliphatic hydroxyl groups excluding tert-OH is 1. The molecule has 9 nitrogen and oxygen atoms in total. The van der Waals surface area contributed by atoms with Crippen molar-refractivity contribution < 1.29 is 24.3 Å². The number of hydrogen-bond acceptors (Lipinski definition) is 7. The van der Waals surface area contributed by atoms with Crippen LogP contribution in [-0.2, 0) is 11.3 Å². The topological polar surface area (TPSA) is 117 Å². The van der Waals surface area contributed by atoms with Gasteiger partial charge in [0.2, 0.25) is 12.4 Å². The van der Waals surface area contributed by atoms with Crippen molar-refractivity contribution >= 4 is 22.1 Å². The smallest absolute Gasteiger partial charge is 0.437 e. The first-order valence-electron chi connectivity index (χ1n) is 6.21. The van der Waals surface area contributed by atoms with Gasteiger partial charge in [0, 0.05) is 11.5 Å². The first kappa shape index (κ1) is 18.1. The average molecular weight is 378 g/mol. The molecule has 0 aliphatic rings. The highest BCUT2D eigenvalue weighted by Gasteiger charge is 2.28. The number of imidazole rings is 1. The molecule has 122 valence electrons. The van der Waals surface area contributed by atoms with E-state index in [1.165, 1.54) is 4.57 Å². The third kappa shape index (κ3) is 4.81. The van der Waals surface area contributed by atoms with Crippen LogP contribution in [0.3, 0.4) is 0 Å². The van der Waals surface area contributed by atoms with Crippen LogP contribution in [-0.4, -0.2) is 39.4 Å². The van der Waals surface area contributed by atoms with Crippen molar-refractivity contribution in [2.24, 2.45) is 0 Å². The third-order valence-corrected chi connectivity index (χ3v) is 3.17. The van der Waals surface area contributed by atoms with Gasteiger partial charge >= 0.3 is 6.16 Å². The number of methoxy groups -OCH3 is 1. The van der Waals surface area contributed by atoms with E-state index in [4.69, 9.17) is 4.74 Å². The second-order valence-corrected chi connectivity index (χ2v) is 5.26. The fourth-order valence-electron chi connectivity index (χ4n) is 1.53. The number of halogens is 1. The van der Waals surface area contributed by atoms with Gasteiger partial charge in [-0.1, -0.05) is 11.6 Å². The van der Waals surface area contributed by atoms with Crippen molar-refractivity contribution in [3.8, 4) is 5.88 Å². The standard InChI is InChI=1S/C12H16BrN3O6/c1-7(2)4-5-15-10(22-12(18)21-3)9(14-11(15)13)8(17)6-16(19)20/h4,8,17H,5-6H2,1-3H3. The summed E-state index contributed by atoms with van der Waals surface area (Å²) in [5.41, 5.74) is 0.896. The summed E-state index contributed by atoms with van der Waals surface area (Å²) in [4.78, 5) is 25.2. The van der Waals surface area contributed by atoms with E-state index in [1.54, 1.807) is 0 Å². The van der Waals surface area contributed by atoms with E-state index in [1.807, 2.05) is 19.9 Å². The van der Waals surface area contributed by atoms with E-state index in [2.05, 4.69) is 25.7 Å². The molecule has 0 aromatic carbocycles. The molecule has 10 heteroatoms. The highest BCUT2D eigenvalue weighted by molar-refractivity contribution is 9.10. The Morgan fingerprint density at radius 3 is 2.73 bits per heavy atom. The van der Waals surface area contributed by atoms with Gasteiger partial charge in [0.15, 0.2) is 10.8 Å². The molecular formula is C12H16BrN3O6. The molecule has 1 atom stereocenters. The van der Waals surface area contributed by atoms with E-state index in [9.17, 15) is 20.0 Å². The first-order chi connectivity index (χ1) is 10.3. The van der Waals surface area contributed by atoms with Gasteiger partial charge in [-0.2, -0.15) is 0 Å². The van der Waals surface area contributed by atoms with Gasteiger partial charge in [-0.05, 0) is 29.8 Å². The fourth-order valence-corrected chi connectivity index (χ4v) is 2.03. The molecule has 0 amide bonds. The van der Waals surface area contributed by atoms with Crippen LogP contribution in [0.2, 0.25) is 0 Å². The van der Waals surface area contributed by atoms with Crippen molar-refractivity contribution in [2.45, 2.75) is 26.5 Å². The van der Waals surface area contributed by atoms with E-state index in [0.717, 1.165) is 12.7 Å². The van der Waals surface area contributed by atoms with Crippen LogP contribution in [0.15, 0.2) is 16.4 Å². The van der Waals surface area contributed by atoms with Gasteiger partial charge in [0.1, 0.15) is 5.69 Å². The Balaban J connectivity index is 3.25. The molecule has 1 unspecified atom stereocenters. The molecule has 1 aromatic heterocycles. The molecule has 1 N–H and O–H groups in total. The quantitative estimate of drug-likeness (QED) is 0.349. The molecule has 0 spiro atoms. The van der Waals surface area contributed by atoms with E-state index in [-0.39, 0.29) is 16.3 Å². The zero-order valence-electron chi connectivity index (χ0n) is 12.3. The normalized spacial score (nSPS) is 11.7. The maximum atomic E-state index is 11.3. The third-order valence-electron chi connectivity index (χ3n) is 2.57. The lowest BCUT2D eigenvalue weighted by Crippen LogP contribution is -2.16. The van der Waals surface area contributed by atoms with Crippen LogP contribution in [0.1, 0.15) is 25.6 Å². The summed E-state index contributed by atoms with van der Waals surface area (Å²) in [7, 11) is 1.13. The fraction of sp³-hybridized carbons (Fsp3) is 0.500. The predicted molar refractivity (Wildman–Crippen MR) is 79.2 cm³/mol. The molecule has 0 aliphatic carbocycles. The lowest BCUT2D eigenvalue weighted by Gasteiger charge is -2.10. The number of hydrogen-bond donors (Lipinski definition) is 1. The Labute approximate surface area is 134 Å². The van der Waals surface area contributed by atoms with Crippen LogP contribution >= 0.6 is 15.9 Å². The first-order valence-corrected chi connectivity index (χ1v) is 7.00. The Bertz CT molecular complexity index is 594. The monoisotopic (exact) mass is 377 g/mol. The Kier molecular flexibility index (Phi) is 6.50. The molecule has 0 aliphatic heterocycles. The van der Waals surface area contributed by atoms with Crippen molar-refractivity contribution in [1.82, 2.24) is 9.55 Å². The Hall–Kier alpha value is -1.94. The number of nitrogens with zero attached hydrogens (tertiary/aromatic N) is 3. The minimum absolute atomic E-state index is 0.106. The summed E-state index contributed by atoms with van der Waals surface area (Å²) in [5, 5.41) is 20.4. The van der Waals surface area contributed by atoms with Crippen molar-refractivity contribution in [3.05, 3.63) is 32.2 Å². The van der Waals surface area contributed by atoms with E-state index < -0.39 is 23.7 Å². The molecule has 22 heavy (non-hydrogen) atoms. The molecule has 0 radical (unpaired) electrons. The average Bonchev–Trinajstić information content (AvgIpc) is 2.72. The second kappa shape index (κ2) is 7.90. The zero-order chi connectivity index (χ0) is 16.9. The molecule has 1 aromatic rings. The highest BCUT2D eigenvalue weighted by atomic mass is 79.9. The van der Waals surface area contributed by atoms with Gasteiger partial charge in [-0.3, -0.25) is 14.7 Å². The van der Waals surface area contributed by atoms with Crippen molar-refractivity contribution in [1.29, 1.82) is 0 Å². The largest absolute Gasteiger partial charge is 0.514 e. The molecule has 0 fully saturated rings. The number of allylic oxidation sites excluding steroid dienone is 2. The molecule has 1 rings (SSSR count). The summed E-state index contributed by atoms with van der Waals surface area (Å²) in [6.45, 7) is 3.30. The number of carbonyl (C=O) groups is 1. The van der Waals surface area contributed by atoms with Gasteiger partial charge in [-0.25, -0.2) is 9.78 Å². The van der Waals surface area contributed by atoms with E-state index >= 15 is 0 Å². The summed E-state index contributed by atoms with van der Waals surface area (Å²) in [6, 6.07) is 0. The molecule has 0 bridgehead atoms. The molecule has 0 saturated carbocycles. The van der Waals surface area contributed by atoms with Gasteiger partial charge in [0.25, 0.3) is 0 Å². The Morgan fingerprint density at radius 2 is 2.23 bits per heavy atom. The lowest BCUT2D eigenvalue weighted by atomic mass is 10.2. The minimum atomic E-state index is -1.51. The second-order valence-electron chi connectivity index (χ2n) is 4.55. The van der Waals surface area contributed by atoms with Crippen LogP contribution in [0.5, 0.6) is 5.88 Å². The Morgan fingerprint density at radius 1 is 1.59 bits per heavy atom. The van der Waals surface area contributed by atoms with Crippen LogP contribution in [0, 0.1) is 10.1 Å². The molecular weight excluding hydrogens is 362 g/mol. The summed E-state index contributed by atoms with van der Waals surface area (Å²) >= 11 is 3.17. The van der Waals surface area contributed by atoms with Crippen molar-refractivity contribution in [2.75, 3.05) is 13.7 Å².